The number of rotatable bonds is 5. The van der Waals surface area contributed by atoms with E-state index in [4.69, 9.17) is 0 Å². The van der Waals surface area contributed by atoms with E-state index < -0.39 is 6.10 Å². The fourth-order valence-electron chi connectivity index (χ4n) is 1.77. The largest absolute Gasteiger partial charge is 0.388 e. The van der Waals surface area contributed by atoms with Crippen molar-refractivity contribution >= 4 is 5.91 Å². The molecule has 2 aromatic rings. The molecule has 0 saturated carbocycles. The third-order valence-corrected chi connectivity index (χ3v) is 2.88. The number of nitrogens with one attached hydrogen (secondary N) is 1. The maximum absolute atomic E-state index is 12.8. The van der Waals surface area contributed by atoms with Gasteiger partial charge in [0.1, 0.15) is 5.82 Å². The normalized spacial score (nSPS) is 11.9. The Kier molecular flexibility index (Phi) is 4.79. The summed E-state index contributed by atoms with van der Waals surface area (Å²) < 4.78 is 12.8. The summed E-state index contributed by atoms with van der Waals surface area (Å²) >= 11 is 0. The third kappa shape index (κ3) is 3.86. The Hall–Kier alpha value is -2.27. The van der Waals surface area contributed by atoms with Gasteiger partial charge in [-0.3, -0.25) is 9.78 Å². The van der Waals surface area contributed by atoms with Crippen LogP contribution in [-0.2, 0) is 0 Å². The molecule has 0 saturated heterocycles. The zero-order valence-electron chi connectivity index (χ0n) is 10.8. The molecule has 5 heteroatoms. The minimum absolute atomic E-state index is 0.232. The highest BCUT2D eigenvalue weighted by atomic mass is 19.1. The lowest BCUT2D eigenvalue weighted by Crippen LogP contribution is -2.25. The van der Waals surface area contributed by atoms with Gasteiger partial charge in [0.15, 0.2) is 0 Å². The number of amides is 1. The van der Waals surface area contributed by atoms with Gasteiger partial charge < -0.3 is 10.4 Å². The quantitative estimate of drug-likeness (QED) is 0.877. The van der Waals surface area contributed by atoms with Gasteiger partial charge in [-0.15, -0.1) is 0 Å². The number of hydrogen-bond acceptors (Lipinski definition) is 3. The van der Waals surface area contributed by atoms with Crippen LogP contribution in [0.3, 0.4) is 0 Å². The molecule has 1 amide bonds. The van der Waals surface area contributed by atoms with Crippen LogP contribution in [0.5, 0.6) is 0 Å². The molecule has 2 N–H and O–H groups in total. The number of aliphatic hydroxyl groups excluding tert-OH is 1. The van der Waals surface area contributed by atoms with Crippen molar-refractivity contribution in [1.82, 2.24) is 10.3 Å². The number of aromatic nitrogens is 1. The predicted molar refractivity (Wildman–Crippen MR) is 72.5 cm³/mol. The number of hydrogen-bond donors (Lipinski definition) is 2. The summed E-state index contributed by atoms with van der Waals surface area (Å²) in [6, 6.07) is 9.01. The highest BCUT2D eigenvalue weighted by Gasteiger charge is 2.09. The number of aliphatic hydroxyl groups is 1. The molecule has 2 rings (SSSR count). The van der Waals surface area contributed by atoms with E-state index in [1.165, 1.54) is 30.5 Å². The van der Waals surface area contributed by atoms with Crippen LogP contribution in [0.2, 0.25) is 0 Å². The van der Waals surface area contributed by atoms with E-state index in [9.17, 15) is 14.3 Å². The molecule has 1 atom stereocenters. The minimum Gasteiger partial charge on any atom is -0.388 e. The third-order valence-electron chi connectivity index (χ3n) is 2.88. The molecule has 1 aromatic carbocycles. The molecule has 1 unspecified atom stereocenters. The monoisotopic (exact) mass is 274 g/mol. The van der Waals surface area contributed by atoms with Crippen LogP contribution in [0.1, 0.15) is 28.4 Å². The first-order chi connectivity index (χ1) is 9.66. The summed E-state index contributed by atoms with van der Waals surface area (Å²) in [6.07, 6.45) is 2.70. The molecule has 1 aromatic heterocycles. The summed E-state index contributed by atoms with van der Waals surface area (Å²) in [5.41, 5.74) is 1.10. The van der Waals surface area contributed by atoms with Crippen LogP contribution >= 0.6 is 0 Å². The average Bonchev–Trinajstić information content (AvgIpc) is 2.48. The topological polar surface area (TPSA) is 62.2 Å². The molecule has 0 spiro atoms. The van der Waals surface area contributed by atoms with Crippen molar-refractivity contribution in [3.63, 3.8) is 0 Å². The van der Waals surface area contributed by atoms with Gasteiger partial charge in [0.2, 0.25) is 0 Å². The zero-order valence-corrected chi connectivity index (χ0v) is 10.8. The number of halogens is 1. The first-order valence-electron chi connectivity index (χ1n) is 6.28. The Bertz CT molecular complexity index is 558. The summed E-state index contributed by atoms with van der Waals surface area (Å²) in [4.78, 5) is 15.6. The number of nitrogens with zero attached hydrogens (tertiary/aromatic N) is 1. The highest BCUT2D eigenvalue weighted by Crippen LogP contribution is 2.16. The SMILES string of the molecule is O=C(NCCC(O)c1ccc(F)cc1)c1cccnc1. The van der Waals surface area contributed by atoms with Crippen molar-refractivity contribution in [1.29, 1.82) is 0 Å². The fourth-order valence-corrected chi connectivity index (χ4v) is 1.77. The van der Waals surface area contributed by atoms with Gasteiger partial charge >= 0.3 is 0 Å². The van der Waals surface area contributed by atoms with Gasteiger partial charge in [-0.2, -0.15) is 0 Å². The molecule has 4 nitrogen and oxygen atoms in total. The van der Waals surface area contributed by atoms with Crippen molar-refractivity contribution in [3.8, 4) is 0 Å². The molecule has 0 aliphatic heterocycles. The van der Waals surface area contributed by atoms with E-state index in [-0.39, 0.29) is 11.7 Å². The lowest BCUT2D eigenvalue weighted by molar-refractivity contribution is 0.0942. The number of pyridine rings is 1. The van der Waals surface area contributed by atoms with Gasteiger partial charge in [0.25, 0.3) is 5.91 Å². The molecule has 0 fully saturated rings. The van der Waals surface area contributed by atoms with Crippen molar-refractivity contribution in [3.05, 3.63) is 65.7 Å². The first kappa shape index (κ1) is 14.1. The molecule has 1 heterocycles. The standard InChI is InChI=1S/C15H15FN2O2/c16-13-5-3-11(4-6-13)14(19)7-9-18-15(20)12-2-1-8-17-10-12/h1-6,8,10,14,19H,7,9H2,(H,18,20). The molecular weight excluding hydrogens is 259 g/mol. The molecular formula is C15H15FN2O2. The van der Waals surface area contributed by atoms with Crippen LogP contribution in [0.25, 0.3) is 0 Å². The van der Waals surface area contributed by atoms with Gasteiger partial charge in [0.05, 0.1) is 11.7 Å². The van der Waals surface area contributed by atoms with E-state index in [1.807, 2.05) is 0 Å². The van der Waals surface area contributed by atoms with Crippen molar-refractivity contribution in [2.45, 2.75) is 12.5 Å². The molecule has 0 radical (unpaired) electrons. The van der Waals surface area contributed by atoms with E-state index >= 15 is 0 Å². The van der Waals surface area contributed by atoms with E-state index in [2.05, 4.69) is 10.3 Å². The Morgan fingerprint density at radius 3 is 2.70 bits per heavy atom. The van der Waals surface area contributed by atoms with E-state index in [0.717, 1.165) is 0 Å². The van der Waals surface area contributed by atoms with Crippen molar-refractivity contribution < 1.29 is 14.3 Å². The summed E-state index contributed by atoms with van der Waals surface area (Å²) in [6.45, 7) is 0.326. The van der Waals surface area contributed by atoms with Crippen LogP contribution < -0.4 is 5.32 Å². The lowest BCUT2D eigenvalue weighted by Gasteiger charge is -2.11. The average molecular weight is 274 g/mol. The van der Waals surface area contributed by atoms with Gasteiger partial charge in [0, 0.05) is 18.9 Å². The Balaban J connectivity index is 1.81. The van der Waals surface area contributed by atoms with E-state index in [1.54, 1.807) is 18.3 Å². The Morgan fingerprint density at radius 2 is 2.05 bits per heavy atom. The van der Waals surface area contributed by atoms with Crippen LogP contribution in [0, 0.1) is 5.82 Å². The van der Waals surface area contributed by atoms with Crippen LogP contribution in [-0.4, -0.2) is 22.5 Å². The maximum atomic E-state index is 12.8. The second-order valence-electron chi connectivity index (χ2n) is 4.35. The molecule has 0 aliphatic rings. The summed E-state index contributed by atoms with van der Waals surface area (Å²) in [7, 11) is 0. The second-order valence-corrected chi connectivity index (χ2v) is 4.35. The number of carbonyl (C=O) groups excluding carboxylic acids is 1. The molecule has 0 aliphatic carbocycles. The highest BCUT2D eigenvalue weighted by molar-refractivity contribution is 5.93. The molecule has 0 bridgehead atoms. The van der Waals surface area contributed by atoms with Gasteiger partial charge in [-0.05, 0) is 36.2 Å². The molecule has 20 heavy (non-hydrogen) atoms. The number of carbonyl (C=O) groups is 1. The fraction of sp³-hybridized carbons (Fsp3) is 0.200. The van der Waals surface area contributed by atoms with Gasteiger partial charge in [-0.1, -0.05) is 12.1 Å². The van der Waals surface area contributed by atoms with Crippen molar-refractivity contribution in [2.24, 2.45) is 0 Å². The Morgan fingerprint density at radius 1 is 1.30 bits per heavy atom. The smallest absolute Gasteiger partial charge is 0.252 e. The van der Waals surface area contributed by atoms with Gasteiger partial charge in [-0.25, -0.2) is 4.39 Å². The second kappa shape index (κ2) is 6.77. The zero-order chi connectivity index (χ0) is 14.4. The number of benzene rings is 1. The Labute approximate surface area is 116 Å². The summed E-state index contributed by atoms with van der Waals surface area (Å²) in [5, 5.41) is 12.6. The van der Waals surface area contributed by atoms with Crippen LogP contribution in [0.4, 0.5) is 4.39 Å². The maximum Gasteiger partial charge on any atom is 0.252 e. The van der Waals surface area contributed by atoms with Crippen molar-refractivity contribution in [2.75, 3.05) is 6.54 Å². The molecule has 104 valence electrons. The predicted octanol–water partition coefficient (Wildman–Crippen LogP) is 2.07. The summed E-state index contributed by atoms with van der Waals surface area (Å²) in [5.74, 6) is -0.574. The van der Waals surface area contributed by atoms with E-state index in [0.29, 0.717) is 24.1 Å². The van der Waals surface area contributed by atoms with Crippen LogP contribution in [0.15, 0.2) is 48.8 Å². The first-order valence-corrected chi connectivity index (χ1v) is 6.28. The lowest BCUT2D eigenvalue weighted by atomic mass is 10.1. The minimum atomic E-state index is -0.732.